The van der Waals surface area contributed by atoms with Gasteiger partial charge < -0.3 is 14.2 Å². The van der Waals surface area contributed by atoms with Gasteiger partial charge in [0.15, 0.2) is 4.80 Å². The Balaban J connectivity index is 1.42. The molecule has 0 radical (unpaired) electrons. The zero-order chi connectivity index (χ0) is 21.8. The Hall–Kier alpha value is -1.94. The maximum Gasteiger partial charge on any atom is 0.258 e. The number of amides is 2. The Labute approximate surface area is 197 Å². The number of methoxy groups -OCH3 is 1. The number of hydrogen-bond acceptors (Lipinski definition) is 5. The quantitative estimate of drug-likeness (QED) is 0.475. The van der Waals surface area contributed by atoms with E-state index in [9.17, 15) is 9.59 Å². The fourth-order valence-electron chi connectivity index (χ4n) is 3.57. The van der Waals surface area contributed by atoms with Crippen LogP contribution in [0, 0.1) is 0 Å². The number of benzene rings is 2. The monoisotopic (exact) mass is 519 g/mol. The number of thioether (sulfide) groups is 1. The average Bonchev–Trinajstić information content (AvgIpc) is 3.33. The van der Waals surface area contributed by atoms with Crippen LogP contribution in [0.1, 0.15) is 5.56 Å². The molecule has 2 heterocycles. The molecule has 0 N–H and O–H groups in total. The summed E-state index contributed by atoms with van der Waals surface area (Å²) in [6, 6.07) is 14.0. The summed E-state index contributed by atoms with van der Waals surface area (Å²) in [5, 5.41) is 0. The number of fused-ring (bicyclic) bond motifs is 2. The van der Waals surface area contributed by atoms with Gasteiger partial charge in [0.1, 0.15) is 0 Å². The highest BCUT2D eigenvalue weighted by atomic mass is 79.9. The Morgan fingerprint density at radius 3 is 2.90 bits per heavy atom. The van der Waals surface area contributed by atoms with E-state index >= 15 is 0 Å². The molecular weight excluding hydrogens is 498 g/mol. The second-order valence-electron chi connectivity index (χ2n) is 7.06. The van der Waals surface area contributed by atoms with Gasteiger partial charge in [0.2, 0.25) is 5.91 Å². The van der Waals surface area contributed by atoms with Crippen molar-refractivity contribution in [3.8, 4) is 0 Å². The molecule has 2 amide bonds. The second-order valence-corrected chi connectivity index (χ2v) is 9.97. The summed E-state index contributed by atoms with van der Waals surface area (Å²) in [6.45, 7) is 1.85. The van der Waals surface area contributed by atoms with Gasteiger partial charge >= 0.3 is 0 Å². The minimum Gasteiger partial charge on any atom is -0.383 e. The largest absolute Gasteiger partial charge is 0.383 e. The molecule has 1 aliphatic rings. The van der Waals surface area contributed by atoms with E-state index in [1.54, 1.807) is 7.11 Å². The number of para-hydroxylation sites is 1. The molecule has 2 aromatic carbocycles. The van der Waals surface area contributed by atoms with Crippen LogP contribution in [0.15, 0.2) is 51.9 Å². The van der Waals surface area contributed by atoms with Gasteiger partial charge in [-0.2, -0.15) is 4.99 Å². The van der Waals surface area contributed by atoms with Crippen molar-refractivity contribution in [2.24, 2.45) is 4.99 Å². The summed E-state index contributed by atoms with van der Waals surface area (Å²) in [6.07, 6.45) is 0.879. The first-order valence-electron chi connectivity index (χ1n) is 9.88. The highest BCUT2D eigenvalue weighted by Gasteiger charge is 2.23. The molecule has 162 valence electrons. The third-order valence-electron chi connectivity index (χ3n) is 5.02. The van der Waals surface area contributed by atoms with Crippen LogP contribution < -0.4 is 9.70 Å². The van der Waals surface area contributed by atoms with E-state index in [1.165, 1.54) is 28.7 Å². The molecule has 1 aromatic heterocycles. The van der Waals surface area contributed by atoms with Crippen molar-refractivity contribution in [1.29, 1.82) is 0 Å². The lowest BCUT2D eigenvalue weighted by atomic mass is 10.2. The molecule has 0 unspecified atom stereocenters. The molecule has 0 bridgehead atoms. The van der Waals surface area contributed by atoms with Crippen molar-refractivity contribution in [1.82, 2.24) is 4.57 Å². The number of aromatic nitrogens is 1. The van der Waals surface area contributed by atoms with Crippen molar-refractivity contribution in [3.05, 3.63) is 57.3 Å². The van der Waals surface area contributed by atoms with Gasteiger partial charge in [-0.05, 0) is 36.2 Å². The topological polar surface area (TPSA) is 63.9 Å². The molecule has 0 saturated heterocycles. The number of ether oxygens (including phenoxy) is 1. The molecule has 1 aliphatic heterocycles. The molecule has 0 atom stereocenters. The highest BCUT2D eigenvalue weighted by Crippen LogP contribution is 2.28. The smallest absolute Gasteiger partial charge is 0.258 e. The number of hydrogen-bond donors (Lipinski definition) is 0. The van der Waals surface area contributed by atoms with Crippen LogP contribution in [0.2, 0.25) is 0 Å². The molecule has 4 rings (SSSR count). The van der Waals surface area contributed by atoms with E-state index in [1.807, 2.05) is 45.9 Å². The van der Waals surface area contributed by atoms with Gasteiger partial charge in [-0.15, -0.1) is 11.8 Å². The van der Waals surface area contributed by atoms with Crippen molar-refractivity contribution in [2.75, 3.05) is 36.7 Å². The molecular formula is C22H22BrN3O3S2. The molecule has 0 saturated carbocycles. The number of thiazole rings is 1. The minimum atomic E-state index is -0.239. The zero-order valence-corrected chi connectivity index (χ0v) is 20.3. The number of halogens is 1. The lowest BCUT2D eigenvalue weighted by Crippen LogP contribution is -2.30. The van der Waals surface area contributed by atoms with Gasteiger partial charge in [0.25, 0.3) is 5.91 Å². The van der Waals surface area contributed by atoms with E-state index in [2.05, 4.69) is 27.0 Å². The normalized spacial score (nSPS) is 13.7. The molecule has 6 nitrogen and oxygen atoms in total. The van der Waals surface area contributed by atoms with E-state index in [0.717, 1.165) is 26.8 Å². The van der Waals surface area contributed by atoms with Crippen LogP contribution in [0.25, 0.3) is 10.2 Å². The van der Waals surface area contributed by atoms with Crippen molar-refractivity contribution in [3.63, 3.8) is 0 Å². The first-order chi connectivity index (χ1) is 15.1. The summed E-state index contributed by atoms with van der Waals surface area (Å²) >= 11 is 6.28. The molecule has 0 fully saturated rings. The summed E-state index contributed by atoms with van der Waals surface area (Å²) in [4.78, 5) is 31.9. The first kappa shape index (κ1) is 22.3. The zero-order valence-electron chi connectivity index (χ0n) is 17.0. The molecule has 3 aromatic rings. The van der Waals surface area contributed by atoms with Crippen molar-refractivity contribution < 1.29 is 14.3 Å². The fraction of sp³-hybridized carbons (Fsp3) is 0.318. The van der Waals surface area contributed by atoms with Crippen molar-refractivity contribution in [2.45, 2.75) is 13.0 Å². The fourth-order valence-corrected chi connectivity index (χ4v) is 5.87. The first-order valence-corrected chi connectivity index (χ1v) is 12.6. The maximum atomic E-state index is 12.6. The molecule has 31 heavy (non-hydrogen) atoms. The van der Waals surface area contributed by atoms with Crippen molar-refractivity contribution >= 4 is 66.7 Å². The van der Waals surface area contributed by atoms with Gasteiger partial charge in [-0.3, -0.25) is 9.59 Å². The van der Waals surface area contributed by atoms with E-state index in [-0.39, 0.29) is 23.3 Å². The Morgan fingerprint density at radius 1 is 1.23 bits per heavy atom. The van der Waals surface area contributed by atoms with E-state index in [0.29, 0.717) is 24.5 Å². The van der Waals surface area contributed by atoms with Crippen LogP contribution >= 0.6 is 39.0 Å². The van der Waals surface area contributed by atoms with Gasteiger partial charge in [-0.25, -0.2) is 0 Å². The Bertz CT molecular complexity index is 1190. The number of nitrogens with zero attached hydrogens (tertiary/aromatic N) is 3. The molecule has 9 heteroatoms. The lowest BCUT2D eigenvalue weighted by Gasteiger charge is -2.16. The maximum absolute atomic E-state index is 12.6. The van der Waals surface area contributed by atoms with Crippen LogP contribution in [0.5, 0.6) is 0 Å². The summed E-state index contributed by atoms with van der Waals surface area (Å²) < 4.78 is 9.25. The number of carbonyl (C=O) groups is 2. The standard InChI is InChI=1S/C22H22BrN3O3S2/c1-29-11-10-26-18-7-6-16(23)12-19(18)31-22(26)24-20(27)13-30-14-21(28)25-9-8-15-4-2-3-5-17(15)25/h2-7,12H,8-11,13-14H2,1H3. The SMILES string of the molecule is COCCn1c(=NC(=O)CSCC(=O)N2CCc3ccccc32)sc2cc(Br)ccc21. The lowest BCUT2D eigenvalue weighted by molar-refractivity contribution is -0.116. The third kappa shape index (κ3) is 5.11. The number of anilines is 1. The number of carbonyl (C=O) groups excluding carboxylic acids is 2. The van der Waals surface area contributed by atoms with Crippen LogP contribution in [0.4, 0.5) is 5.69 Å². The van der Waals surface area contributed by atoms with Gasteiger partial charge in [0, 0.05) is 30.4 Å². The third-order valence-corrected chi connectivity index (χ3v) is 7.46. The highest BCUT2D eigenvalue weighted by molar-refractivity contribution is 9.10. The summed E-state index contributed by atoms with van der Waals surface area (Å²) in [5.74, 6) is 0.225. The Kier molecular flexibility index (Phi) is 7.27. The second kappa shape index (κ2) is 10.1. The molecule has 0 aliphatic carbocycles. The van der Waals surface area contributed by atoms with Crippen LogP contribution in [-0.2, 0) is 27.3 Å². The van der Waals surface area contributed by atoms with Gasteiger partial charge in [0.05, 0.1) is 28.3 Å². The average molecular weight is 520 g/mol. The predicted octanol–water partition coefficient (Wildman–Crippen LogP) is 3.86. The Morgan fingerprint density at radius 2 is 2.06 bits per heavy atom. The molecule has 0 spiro atoms. The summed E-state index contributed by atoms with van der Waals surface area (Å²) in [7, 11) is 1.65. The van der Waals surface area contributed by atoms with Crippen LogP contribution in [-0.4, -0.2) is 48.1 Å². The summed E-state index contributed by atoms with van der Waals surface area (Å²) in [5.41, 5.74) is 3.20. The minimum absolute atomic E-state index is 0.0321. The van der Waals surface area contributed by atoms with E-state index in [4.69, 9.17) is 4.74 Å². The van der Waals surface area contributed by atoms with Gasteiger partial charge in [-0.1, -0.05) is 45.5 Å². The van der Waals surface area contributed by atoms with Crippen LogP contribution in [0.3, 0.4) is 0 Å². The predicted molar refractivity (Wildman–Crippen MR) is 130 cm³/mol. The number of rotatable bonds is 7. The van der Waals surface area contributed by atoms with E-state index < -0.39 is 0 Å².